The number of benzene rings is 2. The van der Waals surface area contributed by atoms with Crippen molar-refractivity contribution in [1.29, 1.82) is 0 Å². The lowest BCUT2D eigenvalue weighted by Crippen LogP contribution is -2.59. The van der Waals surface area contributed by atoms with Crippen LogP contribution >= 0.6 is 0 Å². The minimum Gasteiger partial charge on any atom is -0.445 e. The number of hydrogen-bond donors (Lipinski definition) is 2. The molecule has 6 heteroatoms. The fourth-order valence-electron chi connectivity index (χ4n) is 2.86. The standard InChI is InChI=1S/C20H23N3O3/c24-19(22-13-16-7-3-1-4-8-16)18-14-21-11-12-23(18)20(25)26-15-17-9-5-2-6-10-17/h1-10,18,21H,11-15H2,(H,22,24)/t18-/m0/s1. The minimum atomic E-state index is -0.573. The van der Waals surface area contributed by atoms with Gasteiger partial charge in [0.15, 0.2) is 0 Å². The van der Waals surface area contributed by atoms with Crippen molar-refractivity contribution in [1.82, 2.24) is 15.5 Å². The van der Waals surface area contributed by atoms with Crippen LogP contribution in [0.5, 0.6) is 0 Å². The van der Waals surface area contributed by atoms with Crippen LogP contribution in [-0.4, -0.2) is 42.6 Å². The van der Waals surface area contributed by atoms with Gasteiger partial charge in [-0.25, -0.2) is 4.79 Å². The Morgan fingerprint density at radius 2 is 1.69 bits per heavy atom. The summed E-state index contributed by atoms with van der Waals surface area (Å²) < 4.78 is 5.39. The summed E-state index contributed by atoms with van der Waals surface area (Å²) in [6, 6.07) is 18.6. The van der Waals surface area contributed by atoms with E-state index in [0.717, 1.165) is 11.1 Å². The summed E-state index contributed by atoms with van der Waals surface area (Å²) in [5, 5.41) is 6.06. The van der Waals surface area contributed by atoms with Crippen LogP contribution in [0.3, 0.4) is 0 Å². The Balaban J connectivity index is 1.56. The molecule has 6 nitrogen and oxygen atoms in total. The van der Waals surface area contributed by atoms with Crippen LogP contribution in [0.25, 0.3) is 0 Å². The lowest BCUT2D eigenvalue weighted by molar-refractivity contribution is -0.126. The highest BCUT2D eigenvalue weighted by molar-refractivity contribution is 5.86. The number of amides is 2. The van der Waals surface area contributed by atoms with Crippen LogP contribution in [0.15, 0.2) is 60.7 Å². The summed E-state index contributed by atoms with van der Waals surface area (Å²) in [5.74, 6) is -0.183. The molecule has 1 aliphatic heterocycles. The van der Waals surface area contributed by atoms with Gasteiger partial charge in [0.1, 0.15) is 12.6 Å². The number of nitrogens with zero attached hydrogens (tertiary/aromatic N) is 1. The van der Waals surface area contributed by atoms with Crippen LogP contribution < -0.4 is 10.6 Å². The molecule has 0 radical (unpaired) electrons. The molecule has 0 aromatic heterocycles. The number of rotatable bonds is 5. The van der Waals surface area contributed by atoms with Gasteiger partial charge in [0.25, 0.3) is 0 Å². The number of ether oxygens (including phenoxy) is 1. The van der Waals surface area contributed by atoms with Gasteiger partial charge in [-0.2, -0.15) is 0 Å². The zero-order valence-corrected chi connectivity index (χ0v) is 14.6. The van der Waals surface area contributed by atoms with Crippen LogP contribution in [-0.2, 0) is 22.7 Å². The highest BCUT2D eigenvalue weighted by atomic mass is 16.6. The third-order valence-electron chi connectivity index (χ3n) is 4.30. The SMILES string of the molecule is O=C(NCc1ccccc1)[C@@H]1CNCCN1C(=O)OCc1ccccc1. The quantitative estimate of drug-likeness (QED) is 0.862. The predicted octanol–water partition coefficient (Wildman–Crippen LogP) is 1.91. The Kier molecular flexibility index (Phi) is 6.22. The normalized spacial score (nSPS) is 16.8. The van der Waals surface area contributed by atoms with Crippen molar-refractivity contribution in [3.8, 4) is 0 Å². The molecule has 0 spiro atoms. The van der Waals surface area contributed by atoms with Gasteiger partial charge in [-0.1, -0.05) is 60.7 Å². The zero-order valence-electron chi connectivity index (χ0n) is 14.6. The second-order valence-corrected chi connectivity index (χ2v) is 6.16. The first-order valence-corrected chi connectivity index (χ1v) is 8.74. The first kappa shape index (κ1) is 17.9. The molecule has 26 heavy (non-hydrogen) atoms. The number of carbonyl (C=O) groups is 2. The topological polar surface area (TPSA) is 70.7 Å². The van der Waals surface area contributed by atoms with Gasteiger partial charge in [0, 0.05) is 26.2 Å². The van der Waals surface area contributed by atoms with E-state index in [1.807, 2.05) is 60.7 Å². The molecule has 0 aliphatic carbocycles. The molecule has 0 bridgehead atoms. The summed E-state index contributed by atoms with van der Waals surface area (Å²) in [6.45, 7) is 2.13. The molecule has 2 N–H and O–H groups in total. The maximum Gasteiger partial charge on any atom is 0.410 e. The van der Waals surface area contributed by atoms with E-state index in [1.54, 1.807) is 0 Å². The molecule has 136 valence electrons. The minimum absolute atomic E-state index is 0.183. The number of carbonyl (C=O) groups excluding carboxylic acids is 2. The fourth-order valence-corrected chi connectivity index (χ4v) is 2.86. The van der Waals surface area contributed by atoms with E-state index < -0.39 is 12.1 Å². The van der Waals surface area contributed by atoms with Gasteiger partial charge in [-0.15, -0.1) is 0 Å². The Bertz CT molecular complexity index is 658. The first-order chi connectivity index (χ1) is 12.7. The Morgan fingerprint density at radius 3 is 2.38 bits per heavy atom. The predicted molar refractivity (Wildman–Crippen MR) is 98.3 cm³/mol. The second-order valence-electron chi connectivity index (χ2n) is 6.16. The molecular weight excluding hydrogens is 330 g/mol. The van der Waals surface area contributed by atoms with Crippen molar-refractivity contribution in [2.75, 3.05) is 19.6 Å². The largest absolute Gasteiger partial charge is 0.445 e. The van der Waals surface area contributed by atoms with Crippen LogP contribution in [0, 0.1) is 0 Å². The monoisotopic (exact) mass is 353 g/mol. The van der Waals surface area contributed by atoms with E-state index in [4.69, 9.17) is 4.74 Å². The molecule has 2 aromatic carbocycles. The Hall–Kier alpha value is -2.86. The third-order valence-corrected chi connectivity index (χ3v) is 4.30. The molecule has 1 atom stereocenters. The van der Waals surface area contributed by atoms with E-state index >= 15 is 0 Å². The lowest BCUT2D eigenvalue weighted by Gasteiger charge is -2.34. The Labute approximate surface area is 153 Å². The molecule has 2 amide bonds. The highest BCUT2D eigenvalue weighted by Crippen LogP contribution is 2.09. The van der Waals surface area contributed by atoms with Gasteiger partial charge in [0.05, 0.1) is 0 Å². The van der Waals surface area contributed by atoms with Crippen LogP contribution in [0.1, 0.15) is 11.1 Å². The van der Waals surface area contributed by atoms with E-state index in [9.17, 15) is 9.59 Å². The maximum atomic E-state index is 12.6. The highest BCUT2D eigenvalue weighted by Gasteiger charge is 2.32. The zero-order chi connectivity index (χ0) is 18.2. The smallest absolute Gasteiger partial charge is 0.410 e. The first-order valence-electron chi connectivity index (χ1n) is 8.74. The van der Waals surface area contributed by atoms with Crippen LogP contribution in [0.4, 0.5) is 4.79 Å². The summed E-state index contributed by atoms with van der Waals surface area (Å²) in [7, 11) is 0. The van der Waals surface area contributed by atoms with E-state index in [1.165, 1.54) is 4.90 Å². The molecular formula is C20H23N3O3. The molecule has 1 saturated heterocycles. The van der Waals surface area contributed by atoms with Crippen molar-refractivity contribution in [2.24, 2.45) is 0 Å². The maximum absolute atomic E-state index is 12.6. The average molecular weight is 353 g/mol. The van der Waals surface area contributed by atoms with Crippen molar-refractivity contribution in [3.63, 3.8) is 0 Å². The van der Waals surface area contributed by atoms with Gasteiger partial charge in [-0.3, -0.25) is 9.69 Å². The Morgan fingerprint density at radius 1 is 1.04 bits per heavy atom. The number of nitrogens with one attached hydrogen (secondary N) is 2. The van der Waals surface area contributed by atoms with Gasteiger partial charge >= 0.3 is 6.09 Å². The van der Waals surface area contributed by atoms with Crippen LogP contribution in [0.2, 0.25) is 0 Å². The molecule has 1 aliphatic rings. The molecule has 3 rings (SSSR count). The molecule has 1 fully saturated rings. The molecule has 0 unspecified atom stereocenters. The van der Waals surface area contributed by atoms with Crippen molar-refractivity contribution in [2.45, 2.75) is 19.2 Å². The number of hydrogen-bond acceptors (Lipinski definition) is 4. The van der Waals surface area contributed by atoms with Crippen molar-refractivity contribution < 1.29 is 14.3 Å². The average Bonchev–Trinajstić information content (AvgIpc) is 2.72. The summed E-state index contributed by atoms with van der Waals surface area (Å²) in [6.07, 6.45) is -0.463. The number of piperazine rings is 1. The van der Waals surface area contributed by atoms with E-state index in [2.05, 4.69) is 10.6 Å². The van der Waals surface area contributed by atoms with Gasteiger partial charge in [0.2, 0.25) is 5.91 Å². The lowest BCUT2D eigenvalue weighted by atomic mass is 10.1. The summed E-state index contributed by atoms with van der Waals surface area (Å²) in [5.41, 5.74) is 1.93. The van der Waals surface area contributed by atoms with Gasteiger partial charge < -0.3 is 15.4 Å². The van der Waals surface area contributed by atoms with E-state index in [-0.39, 0.29) is 12.5 Å². The molecule has 0 saturated carbocycles. The van der Waals surface area contributed by atoms with Crippen molar-refractivity contribution >= 4 is 12.0 Å². The molecule has 2 aromatic rings. The van der Waals surface area contributed by atoms with Gasteiger partial charge in [-0.05, 0) is 11.1 Å². The molecule has 1 heterocycles. The fraction of sp³-hybridized carbons (Fsp3) is 0.300. The second kappa shape index (κ2) is 9.01. The van der Waals surface area contributed by atoms with E-state index in [0.29, 0.717) is 26.2 Å². The third kappa shape index (κ3) is 4.83. The van der Waals surface area contributed by atoms with Crippen molar-refractivity contribution in [3.05, 3.63) is 71.8 Å². The summed E-state index contributed by atoms with van der Waals surface area (Å²) >= 11 is 0. The summed E-state index contributed by atoms with van der Waals surface area (Å²) in [4.78, 5) is 26.5.